The minimum Gasteiger partial charge on any atom is -0.459 e. The van der Waals surface area contributed by atoms with Crippen LogP contribution in [0.25, 0.3) is 0 Å². The van der Waals surface area contributed by atoms with Gasteiger partial charge in [0.1, 0.15) is 33.6 Å². The van der Waals surface area contributed by atoms with Gasteiger partial charge in [-0.05, 0) is 347 Å². The second kappa shape index (κ2) is 43.9. The van der Waals surface area contributed by atoms with Crippen molar-refractivity contribution in [2.45, 2.75) is 482 Å². The van der Waals surface area contributed by atoms with Crippen LogP contribution in [-0.4, -0.2) is 69.4 Å². The van der Waals surface area contributed by atoms with E-state index in [2.05, 4.69) is 69.2 Å². The highest BCUT2D eigenvalue weighted by molar-refractivity contribution is 5.78. The fourth-order valence-corrected chi connectivity index (χ4v) is 24.1. The Hall–Kier alpha value is -3.18. The molecule has 14 aliphatic rings. The second-order valence-corrected chi connectivity index (χ2v) is 41.3. The lowest BCUT2D eigenvalue weighted by atomic mass is 9.63. The SMILES string of the molecule is C.C.C.C.C.C.C.C.CCC(C)(C)C(=O)OC1(C)CC2CC1C1CCCC21.CCC(C)(C)C(=O)OC1(C)CC2CCC1C2.CCC(C)(C)C(=O)OC1(C)CCCC2CCCCC21.CCC(C)C(=O)OC1(C)CC2CC1C1CCCC21.CCC(C)C(=O)OC1(C)CC2CCC1C2.CCC(C)C(=O)OC1(C)CCCC2CCCCC21. The predicted octanol–water partition coefficient (Wildman–Crippen LogP) is 28.8. The number of carbonyl (C=O) groups excluding carboxylic acids is 6. The highest BCUT2D eigenvalue weighted by atomic mass is 16.6. The maximum absolute atomic E-state index is 12.4. The summed E-state index contributed by atoms with van der Waals surface area (Å²) in [6.45, 7) is 43.3. The first-order chi connectivity index (χ1) is 49.3. The first-order valence-electron chi connectivity index (χ1n) is 44.7. The van der Waals surface area contributed by atoms with Crippen molar-refractivity contribution in [1.82, 2.24) is 0 Å². The van der Waals surface area contributed by atoms with E-state index >= 15 is 0 Å². The van der Waals surface area contributed by atoms with Gasteiger partial charge in [-0.1, -0.05) is 173 Å². The van der Waals surface area contributed by atoms with Gasteiger partial charge in [0, 0.05) is 23.7 Å². The molecular formula is C101H190O12. The smallest absolute Gasteiger partial charge is 0.312 e. The molecule has 14 saturated carbocycles. The molecule has 0 amide bonds. The van der Waals surface area contributed by atoms with Gasteiger partial charge in [-0.25, -0.2) is 0 Å². The fraction of sp³-hybridized carbons (Fsp3) is 0.941. The standard InChI is InChI=1S/C17H28O2.C17H30O2.C16H26O2.C16H28O2.C14H24O2.C13H22O2.8CH4/c1-5-16(2,3)15(18)19-17(4)10-11-9-14(17)13-8-6-7-12(11)13;1-5-16(2,3)15(18)19-17(4)12-8-10-13-9-6-7-11-14(13)17;1-4-10(2)15(17)18-16(3)9-11-8-14(16)13-7-5-6-12(11)13;1-4-12(2)15(17)18-16(3)11-7-9-13-8-5-6-10-14(13)16;1-5-13(2,3)12(15)16-14(4)9-10-6-7-11(14)8-10;1-4-9(2)12(14)15-13(3)8-10-5-6-11(13)7-10;;;;;;;;/h11-14H,5-10H2,1-4H3;13-14H,5-12H2,1-4H3;10-14H,4-9H2,1-3H3;12-14H,4-11H2,1-3H3;10-11H,5-9H2,1-4H3;9-11H,4-8H2,1-3H3;8*1H4. The lowest BCUT2D eigenvalue weighted by Gasteiger charge is -2.48. The predicted molar refractivity (Wildman–Crippen MR) is 475 cm³/mol. The summed E-state index contributed by atoms with van der Waals surface area (Å²) >= 11 is 0. The third kappa shape index (κ3) is 24.3. The molecule has 12 heteroatoms. The van der Waals surface area contributed by atoms with E-state index < -0.39 is 0 Å². The van der Waals surface area contributed by atoms with Crippen LogP contribution in [0.1, 0.15) is 449 Å². The van der Waals surface area contributed by atoms with Crippen LogP contribution in [-0.2, 0) is 57.2 Å². The molecule has 14 fully saturated rings. The van der Waals surface area contributed by atoms with Gasteiger partial charge < -0.3 is 28.4 Å². The summed E-state index contributed by atoms with van der Waals surface area (Å²) in [5, 5.41) is 0. The molecule has 12 nitrogen and oxygen atoms in total. The van der Waals surface area contributed by atoms with Gasteiger partial charge in [-0.15, -0.1) is 0 Å². The molecule has 0 aromatic carbocycles. The van der Waals surface area contributed by atoms with Crippen LogP contribution < -0.4 is 0 Å². The van der Waals surface area contributed by atoms with Crippen molar-refractivity contribution in [2.75, 3.05) is 0 Å². The van der Waals surface area contributed by atoms with Crippen molar-refractivity contribution in [2.24, 2.45) is 129 Å². The summed E-state index contributed by atoms with van der Waals surface area (Å²) in [4.78, 5) is 72.9. The zero-order valence-electron chi connectivity index (χ0n) is 71.2. The maximum atomic E-state index is 12.4. The first-order valence-corrected chi connectivity index (χ1v) is 44.7. The Morgan fingerprint density at radius 3 is 0.912 bits per heavy atom. The summed E-state index contributed by atoms with van der Waals surface area (Å²) in [6, 6.07) is 0. The number of hydrogen-bond acceptors (Lipinski definition) is 12. The van der Waals surface area contributed by atoms with Crippen molar-refractivity contribution in [3.05, 3.63) is 0 Å². The zero-order valence-corrected chi connectivity index (χ0v) is 71.2. The van der Waals surface area contributed by atoms with Gasteiger partial charge in [0.15, 0.2) is 0 Å². The molecule has 0 radical (unpaired) electrons. The molecule has 0 aliphatic heterocycles. The van der Waals surface area contributed by atoms with Gasteiger partial charge in [-0.2, -0.15) is 0 Å². The van der Waals surface area contributed by atoms with Crippen LogP contribution >= 0.6 is 0 Å². The maximum Gasteiger partial charge on any atom is 0.312 e. The Labute approximate surface area is 700 Å². The number of esters is 6. The van der Waals surface area contributed by atoms with Gasteiger partial charge >= 0.3 is 35.8 Å². The highest BCUT2D eigenvalue weighted by Gasteiger charge is 2.63. The van der Waals surface area contributed by atoms with Crippen molar-refractivity contribution >= 4 is 35.8 Å². The van der Waals surface area contributed by atoms with Crippen LogP contribution in [0, 0.1) is 129 Å². The number of carbonyl (C=O) groups is 6. The van der Waals surface area contributed by atoms with Crippen LogP contribution in [0.3, 0.4) is 0 Å². The molecule has 25 unspecified atom stereocenters. The molecule has 14 rings (SSSR count). The number of ether oxygens (including phenoxy) is 6. The lowest BCUT2D eigenvalue weighted by Crippen LogP contribution is -2.49. The van der Waals surface area contributed by atoms with Crippen molar-refractivity contribution in [1.29, 1.82) is 0 Å². The minimum atomic E-state index is -0.343. The highest BCUT2D eigenvalue weighted by Crippen LogP contribution is 2.65. The van der Waals surface area contributed by atoms with Crippen molar-refractivity contribution in [3.8, 4) is 0 Å². The second-order valence-electron chi connectivity index (χ2n) is 41.3. The van der Waals surface area contributed by atoms with E-state index in [0.717, 1.165) is 136 Å². The van der Waals surface area contributed by atoms with Crippen molar-refractivity contribution < 1.29 is 57.2 Å². The topological polar surface area (TPSA) is 158 Å². The normalized spacial score (nSPS) is 37.7. The monoisotopic (exact) mass is 1600 g/mol. The Kier molecular flexibility index (Phi) is 41.9. The molecule has 0 spiro atoms. The average Bonchev–Trinajstić information content (AvgIpc) is 1.57. The van der Waals surface area contributed by atoms with Crippen LogP contribution in [0.15, 0.2) is 0 Å². The van der Waals surface area contributed by atoms with Crippen LogP contribution in [0.4, 0.5) is 0 Å². The van der Waals surface area contributed by atoms with E-state index in [1.54, 1.807) is 0 Å². The Bertz CT molecular complexity index is 2910. The van der Waals surface area contributed by atoms with E-state index in [4.69, 9.17) is 28.4 Å². The average molecular weight is 1600 g/mol. The number of hydrogen-bond donors (Lipinski definition) is 0. The molecule has 14 aliphatic carbocycles. The largest absolute Gasteiger partial charge is 0.459 e. The number of fused-ring (bicyclic) bond motifs is 16. The van der Waals surface area contributed by atoms with E-state index in [9.17, 15) is 28.8 Å². The van der Waals surface area contributed by atoms with Crippen LogP contribution in [0.5, 0.6) is 0 Å². The molecule has 666 valence electrons. The Morgan fingerprint density at radius 2 is 0.584 bits per heavy atom. The van der Waals surface area contributed by atoms with E-state index in [-0.39, 0.29) is 163 Å². The van der Waals surface area contributed by atoms with Gasteiger partial charge in [0.2, 0.25) is 0 Å². The molecular weight excluding hydrogens is 1410 g/mol. The molecule has 0 heterocycles. The first kappa shape index (κ1) is 108. The van der Waals surface area contributed by atoms with Crippen molar-refractivity contribution in [3.63, 3.8) is 0 Å². The van der Waals surface area contributed by atoms with Gasteiger partial charge in [0.05, 0.1) is 34.0 Å². The minimum absolute atomic E-state index is 0. The molecule has 8 bridgehead atoms. The molecule has 0 saturated heterocycles. The molecule has 0 N–H and O–H groups in total. The molecule has 0 aromatic heterocycles. The zero-order chi connectivity index (χ0) is 77.0. The lowest BCUT2D eigenvalue weighted by molar-refractivity contribution is -0.184. The van der Waals surface area contributed by atoms with Gasteiger partial charge in [0.25, 0.3) is 0 Å². The van der Waals surface area contributed by atoms with E-state index in [1.165, 1.54) is 167 Å². The molecule has 113 heavy (non-hydrogen) atoms. The molecule has 25 atom stereocenters. The third-order valence-corrected chi connectivity index (χ3v) is 32.9. The fourth-order valence-electron chi connectivity index (χ4n) is 24.1. The van der Waals surface area contributed by atoms with E-state index in [1.807, 2.05) is 76.2 Å². The summed E-state index contributed by atoms with van der Waals surface area (Å²) in [5.41, 5.74) is -1.99. The summed E-state index contributed by atoms with van der Waals surface area (Å²) in [7, 11) is 0. The third-order valence-electron chi connectivity index (χ3n) is 32.9. The summed E-state index contributed by atoms with van der Waals surface area (Å²) in [6.07, 6.45) is 46.2. The molecule has 0 aromatic rings. The van der Waals surface area contributed by atoms with E-state index in [0.29, 0.717) is 35.5 Å². The Balaban J connectivity index is 0.000000670. The summed E-state index contributed by atoms with van der Waals surface area (Å²) < 4.78 is 35.6. The number of rotatable bonds is 18. The van der Waals surface area contributed by atoms with Crippen LogP contribution in [0.2, 0.25) is 0 Å². The van der Waals surface area contributed by atoms with Gasteiger partial charge in [-0.3, -0.25) is 28.8 Å². The Morgan fingerprint density at radius 1 is 0.301 bits per heavy atom. The quantitative estimate of drug-likeness (QED) is 0.0946. The summed E-state index contributed by atoms with van der Waals surface area (Å²) in [5.74, 6) is 12.5.